The lowest BCUT2D eigenvalue weighted by atomic mass is 9.51. The number of nitrogens with zero attached hydrogens (tertiary/aromatic N) is 2. The van der Waals surface area contributed by atoms with Crippen molar-refractivity contribution in [2.75, 3.05) is 7.11 Å². The number of benzene rings is 1. The molecule has 0 spiro atoms. The second-order valence-electron chi connectivity index (χ2n) is 9.13. The van der Waals surface area contributed by atoms with Crippen LogP contribution in [-0.4, -0.2) is 28.6 Å². The van der Waals surface area contributed by atoms with Crippen molar-refractivity contribution in [1.82, 2.24) is 9.78 Å². The van der Waals surface area contributed by atoms with E-state index in [9.17, 15) is 9.59 Å². The minimum absolute atomic E-state index is 0.187. The average Bonchev–Trinajstić information content (AvgIpc) is 3.16. The number of aromatic nitrogens is 2. The molecule has 5 heteroatoms. The third-order valence-corrected chi connectivity index (χ3v) is 7.53. The summed E-state index contributed by atoms with van der Waals surface area (Å²) in [5.41, 5.74) is 3.13. The van der Waals surface area contributed by atoms with E-state index in [0.717, 1.165) is 35.2 Å². The number of ketones is 1. The molecule has 152 valence electrons. The van der Waals surface area contributed by atoms with Crippen LogP contribution in [0.1, 0.15) is 65.4 Å². The molecule has 6 rings (SSSR count). The predicted octanol–water partition coefficient (Wildman–Crippen LogP) is 4.48. The number of hydrogen-bond acceptors (Lipinski definition) is 4. The zero-order valence-corrected chi connectivity index (χ0v) is 17.1. The summed E-state index contributed by atoms with van der Waals surface area (Å²) in [6, 6.07) is 7.19. The first-order valence-electron chi connectivity index (χ1n) is 10.9. The van der Waals surface area contributed by atoms with Crippen molar-refractivity contribution in [3.8, 4) is 5.69 Å². The Bertz CT molecular complexity index is 916. The van der Waals surface area contributed by atoms with Gasteiger partial charge in [-0.15, -0.1) is 0 Å². The van der Waals surface area contributed by atoms with Crippen molar-refractivity contribution < 1.29 is 14.3 Å². The molecule has 4 saturated carbocycles. The first kappa shape index (κ1) is 18.6. The van der Waals surface area contributed by atoms with Crippen LogP contribution in [0.5, 0.6) is 0 Å². The van der Waals surface area contributed by atoms with E-state index in [1.807, 2.05) is 16.8 Å². The summed E-state index contributed by atoms with van der Waals surface area (Å²) in [6.07, 6.45) is 8.88. The molecule has 2 aromatic rings. The van der Waals surface area contributed by atoms with Gasteiger partial charge in [0.05, 0.1) is 35.8 Å². The molecule has 0 amide bonds. The minimum Gasteiger partial charge on any atom is -0.465 e. The predicted molar refractivity (Wildman–Crippen MR) is 109 cm³/mol. The first-order valence-corrected chi connectivity index (χ1v) is 10.9. The Morgan fingerprint density at radius 2 is 1.66 bits per heavy atom. The van der Waals surface area contributed by atoms with Crippen LogP contribution in [0.4, 0.5) is 0 Å². The molecule has 0 saturated heterocycles. The summed E-state index contributed by atoms with van der Waals surface area (Å²) in [6.45, 7) is 2.07. The van der Waals surface area contributed by atoms with Gasteiger partial charge in [0.2, 0.25) is 0 Å². The molecule has 0 atom stereocenters. The molecule has 4 aliphatic rings. The Morgan fingerprint density at radius 1 is 1.03 bits per heavy atom. The largest absolute Gasteiger partial charge is 0.465 e. The van der Waals surface area contributed by atoms with E-state index < -0.39 is 0 Å². The van der Waals surface area contributed by atoms with Gasteiger partial charge >= 0.3 is 5.97 Å². The SMILES string of the molecule is CCc1c(C(=O)C2C3CC4CC(C3)CC2C4)cnn1-c1ccc(C(=O)OC)cc1. The lowest BCUT2D eigenvalue weighted by Crippen LogP contribution is -2.48. The summed E-state index contributed by atoms with van der Waals surface area (Å²) in [7, 11) is 1.38. The fourth-order valence-electron chi connectivity index (χ4n) is 6.53. The van der Waals surface area contributed by atoms with Crippen LogP contribution in [0.3, 0.4) is 0 Å². The Labute approximate surface area is 171 Å². The van der Waals surface area contributed by atoms with Crippen molar-refractivity contribution in [2.45, 2.75) is 45.4 Å². The number of methoxy groups -OCH3 is 1. The maximum absolute atomic E-state index is 13.6. The molecule has 0 N–H and O–H groups in total. The van der Waals surface area contributed by atoms with Crippen LogP contribution in [-0.2, 0) is 11.2 Å². The lowest BCUT2D eigenvalue weighted by Gasteiger charge is -2.53. The van der Waals surface area contributed by atoms with Gasteiger partial charge in [0.25, 0.3) is 0 Å². The highest BCUT2D eigenvalue weighted by molar-refractivity contribution is 5.99. The Morgan fingerprint density at radius 3 is 2.21 bits per heavy atom. The summed E-state index contributed by atoms with van der Waals surface area (Å²) in [5, 5.41) is 4.57. The molecule has 4 aliphatic carbocycles. The molecule has 0 radical (unpaired) electrons. The third-order valence-electron chi connectivity index (χ3n) is 7.53. The molecule has 1 aromatic carbocycles. The normalized spacial score (nSPS) is 29.8. The topological polar surface area (TPSA) is 61.2 Å². The number of rotatable bonds is 5. The van der Waals surface area contributed by atoms with Gasteiger partial charge in [0.15, 0.2) is 5.78 Å². The number of Topliss-reactive ketones (excluding diaryl/α,β-unsaturated/α-hetero) is 1. The van der Waals surface area contributed by atoms with E-state index in [2.05, 4.69) is 12.0 Å². The lowest BCUT2D eigenvalue weighted by molar-refractivity contribution is -0.0251. The van der Waals surface area contributed by atoms with Crippen LogP contribution < -0.4 is 0 Å². The Balaban J connectivity index is 1.44. The molecular formula is C24H28N2O3. The van der Waals surface area contributed by atoms with Gasteiger partial charge in [-0.2, -0.15) is 5.10 Å². The standard InChI is InChI=1S/C24H28N2O3/c1-3-21-20(13-25-26(21)19-6-4-16(5-7-19)24(28)29-2)23(27)22-17-9-14-8-15(11-17)12-18(22)10-14/h4-7,13-15,17-18,22H,3,8-12H2,1-2H3. The van der Waals surface area contributed by atoms with Crippen LogP contribution in [0, 0.1) is 29.6 Å². The maximum atomic E-state index is 13.6. The van der Waals surface area contributed by atoms with Crippen molar-refractivity contribution in [3.63, 3.8) is 0 Å². The fraction of sp³-hybridized carbons (Fsp3) is 0.542. The van der Waals surface area contributed by atoms with Crippen molar-refractivity contribution >= 4 is 11.8 Å². The van der Waals surface area contributed by atoms with Gasteiger partial charge in [-0.3, -0.25) is 4.79 Å². The third kappa shape index (κ3) is 3.02. The van der Waals surface area contributed by atoms with Crippen molar-refractivity contribution in [2.24, 2.45) is 29.6 Å². The Kier molecular flexibility index (Phi) is 4.56. The van der Waals surface area contributed by atoms with Crippen LogP contribution >= 0.6 is 0 Å². The summed E-state index contributed by atoms with van der Waals surface area (Å²) in [5.74, 6) is 3.02. The fourth-order valence-corrected chi connectivity index (χ4v) is 6.53. The van der Waals surface area contributed by atoms with E-state index in [0.29, 0.717) is 23.2 Å². The molecule has 0 unspecified atom stereocenters. The molecule has 4 bridgehead atoms. The van der Waals surface area contributed by atoms with Gasteiger partial charge in [0, 0.05) is 5.92 Å². The van der Waals surface area contributed by atoms with E-state index in [1.54, 1.807) is 18.3 Å². The summed E-state index contributed by atoms with van der Waals surface area (Å²) >= 11 is 0. The van der Waals surface area contributed by atoms with Gasteiger partial charge in [0.1, 0.15) is 0 Å². The monoisotopic (exact) mass is 392 g/mol. The first-order chi connectivity index (χ1) is 14.1. The van der Waals surface area contributed by atoms with Crippen molar-refractivity contribution in [3.05, 3.63) is 47.3 Å². The van der Waals surface area contributed by atoms with Gasteiger partial charge in [-0.05, 0) is 86.5 Å². The van der Waals surface area contributed by atoms with Gasteiger partial charge in [-0.1, -0.05) is 6.92 Å². The smallest absolute Gasteiger partial charge is 0.337 e. The zero-order valence-electron chi connectivity index (χ0n) is 17.1. The zero-order chi connectivity index (χ0) is 20.1. The molecule has 4 fully saturated rings. The minimum atomic E-state index is -0.356. The highest BCUT2D eigenvalue weighted by Gasteiger charge is 2.51. The van der Waals surface area contributed by atoms with E-state index in [4.69, 9.17) is 4.74 Å². The molecule has 5 nitrogen and oxygen atoms in total. The van der Waals surface area contributed by atoms with Gasteiger partial charge < -0.3 is 4.74 Å². The number of carbonyl (C=O) groups is 2. The van der Waals surface area contributed by atoms with E-state index >= 15 is 0 Å². The Hall–Kier alpha value is -2.43. The molecular weight excluding hydrogens is 364 g/mol. The molecule has 1 aromatic heterocycles. The maximum Gasteiger partial charge on any atom is 0.337 e. The van der Waals surface area contributed by atoms with Crippen LogP contribution in [0.25, 0.3) is 5.69 Å². The number of carbonyl (C=O) groups excluding carboxylic acids is 2. The highest BCUT2D eigenvalue weighted by Crippen LogP contribution is 2.57. The van der Waals surface area contributed by atoms with Crippen LogP contribution in [0.2, 0.25) is 0 Å². The van der Waals surface area contributed by atoms with Crippen LogP contribution in [0.15, 0.2) is 30.5 Å². The number of hydrogen-bond donors (Lipinski definition) is 0. The summed E-state index contributed by atoms with van der Waals surface area (Å²) in [4.78, 5) is 25.3. The molecule has 29 heavy (non-hydrogen) atoms. The second-order valence-corrected chi connectivity index (χ2v) is 9.13. The molecule has 0 aliphatic heterocycles. The highest BCUT2D eigenvalue weighted by atomic mass is 16.5. The second kappa shape index (κ2) is 7.12. The van der Waals surface area contributed by atoms with Gasteiger partial charge in [-0.25, -0.2) is 9.48 Å². The van der Waals surface area contributed by atoms with Crippen molar-refractivity contribution in [1.29, 1.82) is 0 Å². The molecule has 1 heterocycles. The quantitative estimate of drug-likeness (QED) is 0.556. The van der Waals surface area contributed by atoms with E-state index in [-0.39, 0.29) is 11.9 Å². The number of esters is 1. The van der Waals surface area contributed by atoms with E-state index in [1.165, 1.54) is 39.2 Å². The number of ether oxygens (including phenoxy) is 1. The average molecular weight is 392 g/mol. The summed E-state index contributed by atoms with van der Waals surface area (Å²) < 4.78 is 6.62.